The van der Waals surface area contributed by atoms with Crippen molar-refractivity contribution in [1.82, 2.24) is 10.2 Å². The Balaban J connectivity index is 1.91. The van der Waals surface area contributed by atoms with Crippen molar-refractivity contribution in [2.45, 2.75) is 72.0 Å². The highest BCUT2D eigenvalue weighted by molar-refractivity contribution is 7.92. The molecule has 0 spiro atoms. The first-order valence-corrected chi connectivity index (χ1v) is 16.3. The summed E-state index contributed by atoms with van der Waals surface area (Å²) in [4.78, 5) is 29.3. The average molecular weight is 612 g/mol. The molecule has 0 aliphatic rings. The van der Waals surface area contributed by atoms with Crippen LogP contribution in [-0.2, 0) is 32.6 Å². The van der Waals surface area contributed by atoms with Crippen molar-refractivity contribution in [2.24, 2.45) is 0 Å². The predicted molar refractivity (Wildman–Crippen MR) is 171 cm³/mol. The number of hydrogen-bond acceptors (Lipinski definition) is 4. The molecule has 0 radical (unpaired) electrons. The van der Waals surface area contributed by atoms with Crippen LogP contribution in [0, 0.1) is 13.8 Å². The van der Waals surface area contributed by atoms with Crippen LogP contribution in [0.5, 0.6) is 0 Å². The quantitative estimate of drug-likeness (QED) is 0.270. The third-order valence-electron chi connectivity index (χ3n) is 6.68. The molecule has 0 saturated heterocycles. The molecule has 226 valence electrons. The number of amides is 2. The summed E-state index contributed by atoms with van der Waals surface area (Å²) < 4.78 is 26.8. The number of carbonyl (C=O) groups excluding carboxylic acids is 2. The highest BCUT2D eigenvalue weighted by Crippen LogP contribution is 2.23. The SMILES string of the molecule is Cc1cc(C)cc(N(CCCC(=O)N(Cc2ccc(Cl)cc2)[C@H](Cc2ccccc2)C(=O)NC(C)(C)C)S(C)(=O)=O)c1. The van der Waals surface area contributed by atoms with Crippen LogP contribution in [0.15, 0.2) is 72.8 Å². The molecule has 1 atom stereocenters. The molecule has 1 N–H and O–H groups in total. The Morgan fingerprint density at radius 3 is 2.05 bits per heavy atom. The van der Waals surface area contributed by atoms with Crippen LogP contribution in [0.1, 0.15) is 55.9 Å². The van der Waals surface area contributed by atoms with E-state index in [1.807, 2.05) is 95.3 Å². The van der Waals surface area contributed by atoms with Gasteiger partial charge in [-0.25, -0.2) is 8.42 Å². The largest absolute Gasteiger partial charge is 0.350 e. The molecule has 42 heavy (non-hydrogen) atoms. The number of nitrogens with one attached hydrogen (secondary N) is 1. The number of rotatable bonds is 12. The van der Waals surface area contributed by atoms with Gasteiger partial charge in [-0.1, -0.05) is 60.1 Å². The topological polar surface area (TPSA) is 86.8 Å². The van der Waals surface area contributed by atoms with Crippen molar-refractivity contribution in [3.63, 3.8) is 0 Å². The van der Waals surface area contributed by atoms with E-state index in [2.05, 4.69) is 5.32 Å². The number of halogens is 1. The third kappa shape index (κ3) is 10.2. The minimum Gasteiger partial charge on any atom is -0.350 e. The highest BCUT2D eigenvalue weighted by Gasteiger charge is 2.32. The van der Waals surface area contributed by atoms with Crippen LogP contribution in [-0.4, -0.2) is 49.5 Å². The van der Waals surface area contributed by atoms with Gasteiger partial charge in [0.15, 0.2) is 0 Å². The van der Waals surface area contributed by atoms with Crippen molar-refractivity contribution in [2.75, 3.05) is 17.1 Å². The standard InChI is InChI=1S/C33H42ClN3O4S/c1-24-19-25(2)21-29(20-24)37(42(6,40)41)18-10-13-31(38)36(23-27-14-16-28(34)17-15-27)30(32(39)35-33(3,4)5)22-26-11-8-7-9-12-26/h7-9,11-12,14-17,19-21,30H,10,13,18,22-23H2,1-6H3,(H,35,39)/t30-/m1/s1. The van der Waals surface area contributed by atoms with E-state index < -0.39 is 21.6 Å². The van der Waals surface area contributed by atoms with Gasteiger partial charge in [-0.05, 0) is 87.6 Å². The fourth-order valence-electron chi connectivity index (χ4n) is 4.89. The molecule has 3 rings (SSSR count). The summed E-state index contributed by atoms with van der Waals surface area (Å²) in [6.07, 6.45) is 1.86. The molecule has 7 nitrogen and oxygen atoms in total. The zero-order chi connectivity index (χ0) is 31.1. The van der Waals surface area contributed by atoms with Gasteiger partial charge in [-0.3, -0.25) is 13.9 Å². The van der Waals surface area contributed by atoms with Crippen molar-refractivity contribution in [1.29, 1.82) is 0 Å². The van der Waals surface area contributed by atoms with E-state index in [1.54, 1.807) is 17.0 Å². The van der Waals surface area contributed by atoms with Gasteiger partial charge >= 0.3 is 0 Å². The van der Waals surface area contributed by atoms with E-state index in [4.69, 9.17) is 11.6 Å². The lowest BCUT2D eigenvalue weighted by molar-refractivity contribution is -0.142. The lowest BCUT2D eigenvalue weighted by atomic mass is 10.00. The monoisotopic (exact) mass is 611 g/mol. The first-order chi connectivity index (χ1) is 19.6. The van der Waals surface area contributed by atoms with Crippen LogP contribution in [0.4, 0.5) is 5.69 Å². The molecule has 0 aliphatic carbocycles. The Kier molecular flexibility index (Phi) is 11.2. The first kappa shape index (κ1) is 33.1. The molecule has 0 fully saturated rings. The maximum atomic E-state index is 13.9. The zero-order valence-electron chi connectivity index (χ0n) is 25.4. The summed E-state index contributed by atoms with van der Waals surface area (Å²) in [7, 11) is -3.58. The molecular weight excluding hydrogens is 570 g/mol. The van der Waals surface area contributed by atoms with Gasteiger partial charge in [0, 0.05) is 36.5 Å². The Hall–Kier alpha value is -3.36. The number of benzene rings is 3. The first-order valence-electron chi connectivity index (χ1n) is 14.1. The van der Waals surface area contributed by atoms with Crippen molar-refractivity contribution < 1.29 is 18.0 Å². The molecule has 0 heterocycles. The van der Waals surface area contributed by atoms with Gasteiger partial charge in [-0.15, -0.1) is 0 Å². The van der Waals surface area contributed by atoms with E-state index >= 15 is 0 Å². The second-order valence-corrected chi connectivity index (χ2v) is 14.2. The van der Waals surface area contributed by atoms with Crippen LogP contribution in [0.3, 0.4) is 0 Å². The average Bonchev–Trinajstić information content (AvgIpc) is 2.88. The summed E-state index contributed by atoms with van der Waals surface area (Å²) >= 11 is 6.11. The summed E-state index contributed by atoms with van der Waals surface area (Å²) in [6, 6.07) is 21.7. The number of sulfonamides is 1. The summed E-state index contributed by atoms with van der Waals surface area (Å²) in [5.74, 6) is -0.481. The Morgan fingerprint density at radius 2 is 1.50 bits per heavy atom. The van der Waals surface area contributed by atoms with Crippen LogP contribution < -0.4 is 9.62 Å². The van der Waals surface area contributed by atoms with E-state index in [0.717, 1.165) is 22.3 Å². The third-order valence-corrected chi connectivity index (χ3v) is 8.13. The number of nitrogens with zero attached hydrogens (tertiary/aromatic N) is 2. The Bertz CT molecular complexity index is 1450. The maximum Gasteiger partial charge on any atom is 0.243 e. The van der Waals surface area contributed by atoms with Gasteiger partial charge < -0.3 is 10.2 Å². The van der Waals surface area contributed by atoms with E-state index in [1.165, 1.54) is 10.6 Å². The Morgan fingerprint density at radius 1 is 0.905 bits per heavy atom. The van der Waals surface area contributed by atoms with Crippen LogP contribution in [0.25, 0.3) is 0 Å². The molecule has 3 aromatic carbocycles. The molecule has 0 unspecified atom stereocenters. The molecule has 0 bridgehead atoms. The van der Waals surface area contributed by atoms with Gasteiger partial charge in [0.2, 0.25) is 21.8 Å². The number of anilines is 1. The number of carbonyl (C=O) groups is 2. The zero-order valence-corrected chi connectivity index (χ0v) is 26.9. The number of aryl methyl sites for hydroxylation is 2. The fraction of sp³-hybridized carbons (Fsp3) is 0.394. The molecule has 3 aromatic rings. The molecule has 0 aromatic heterocycles. The van der Waals surface area contributed by atoms with E-state index in [0.29, 0.717) is 17.1 Å². The van der Waals surface area contributed by atoms with Crippen molar-refractivity contribution >= 4 is 39.1 Å². The second-order valence-electron chi connectivity index (χ2n) is 11.9. The summed E-state index contributed by atoms with van der Waals surface area (Å²) in [5.41, 5.74) is 3.76. The molecule has 9 heteroatoms. The highest BCUT2D eigenvalue weighted by atomic mass is 35.5. The molecule has 0 aliphatic heterocycles. The van der Waals surface area contributed by atoms with E-state index in [-0.39, 0.29) is 37.7 Å². The van der Waals surface area contributed by atoms with Crippen molar-refractivity contribution in [3.8, 4) is 0 Å². The van der Waals surface area contributed by atoms with Gasteiger partial charge in [0.05, 0.1) is 11.9 Å². The second kappa shape index (κ2) is 14.2. The summed E-state index contributed by atoms with van der Waals surface area (Å²) in [6.45, 7) is 9.90. The molecular formula is C33H42ClN3O4S. The fourth-order valence-corrected chi connectivity index (χ4v) is 5.97. The summed E-state index contributed by atoms with van der Waals surface area (Å²) in [5, 5.41) is 3.63. The minimum absolute atomic E-state index is 0.0680. The van der Waals surface area contributed by atoms with Gasteiger partial charge in [0.1, 0.15) is 6.04 Å². The van der Waals surface area contributed by atoms with Crippen molar-refractivity contribution in [3.05, 3.63) is 100 Å². The van der Waals surface area contributed by atoms with Crippen LogP contribution in [0.2, 0.25) is 5.02 Å². The van der Waals surface area contributed by atoms with E-state index in [9.17, 15) is 18.0 Å². The maximum absolute atomic E-state index is 13.9. The van der Waals surface area contributed by atoms with Gasteiger partial charge in [-0.2, -0.15) is 0 Å². The Labute approximate surface area is 255 Å². The molecule has 2 amide bonds. The number of hydrogen-bond donors (Lipinski definition) is 1. The minimum atomic E-state index is -3.58. The molecule has 0 saturated carbocycles. The predicted octanol–water partition coefficient (Wildman–Crippen LogP) is 6.06. The lowest BCUT2D eigenvalue weighted by Gasteiger charge is -2.34. The lowest BCUT2D eigenvalue weighted by Crippen LogP contribution is -2.54. The van der Waals surface area contributed by atoms with Gasteiger partial charge in [0.25, 0.3) is 0 Å². The smallest absolute Gasteiger partial charge is 0.243 e. The normalized spacial score (nSPS) is 12.5. The van der Waals surface area contributed by atoms with Crippen LogP contribution >= 0.6 is 11.6 Å².